The summed E-state index contributed by atoms with van der Waals surface area (Å²) < 4.78 is 0. The van der Waals surface area contributed by atoms with E-state index in [-0.39, 0.29) is 5.91 Å². The molecule has 0 spiro atoms. The maximum Gasteiger partial charge on any atom is 0.252 e. The SMILES string of the molecule is C#CC(C)(C)NC(=O)c1ccc(N(C)C)cc1. The number of carbonyl (C=O) groups excluding carboxylic acids is 1. The van der Waals surface area contributed by atoms with Crippen LogP contribution in [0.15, 0.2) is 24.3 Å². The molecule has 1 rings (SSSR count). The van der Waals surface area contributed by atoms with Crippen molar-refractivity contribution >= 4 is 11.6 Å². The Balaban J connectivity index is 2.81. The first-order valence-electron chi connectivity index (χ1n) is 5.43. The summed E-state index contributed by atoms with van der Waals surface area (Å²) in [6.07, 6.45) is 5.33. The van der Waals surface area contributed by atoms with E-state index in [0.29, 0.717) is 5.56 Å². The van der Waals surface area contributed by atoms with Crippen LogP contribution in [0.1, 0.15) is 24.2 Å². The van der Waals surface area contributed by atoms with Gasteiger partial charge in [0.2, 0.25) is 0 Å². The molecule has 0 aromatic heterocycles. The summed E-state index contributed by atoms with van der Waals surface area (Å²) in [4.78, 5) is 13.9. The molecule has 1 N–H and O–H groups in total. The van der Waals surface area contributed by atoms with Gasteiger partial charge >= 0.3 is 0 Å². The zero-order valence-electron chi connectivity index (χ0n) is 10.7. The lowest BCUT2D eigenvalue weighted by atomic mass is 10.1. The first kappa shape index (κ1) is 13.1. The zero-order valence-corrected chi connectivity index (χ0v) is 10.7. The van der Waals surface area contributed by atoms with E-state index in [1.807, 2.05) is 31.1 Å². The third kappa shape index (κ3) is 3.53. The monoisotopic (exact) mass is 230 g/mol. The van der Waals surface area contributed by atoms with Crippen LogP contribution in [0.2, 0.25) is 0 Å². The molecule has 0 aliphatic heterocycles. The average Bonchev–Trinajstić information content (AvgIpc) is 2.28. The van der Waals surface area contributed by atoms with Crippen LogP contribution in [0, 0.1) is 12.3 Å². The summed E-state index contributed by atoms with van der Waals surface area (Å²) >= 11 is 0. The molecule has 1 aromatic rings. The fraction of sp³-hybridized carbons (Fsp3) is 0.357. The summed E-state index contributed by atoms with van der Waals surface area (Å²) in [5.74, 6) is 2.38. The highest BCUT2D eigenvalue weighted by Crippen LogP contribution is 2.13. The Bertz CT molecular complexity index is 438. The van der Waals surface area contributed by atoms with Crippen LogP contribution in [0.25, 0.3) is 0 Å². The number of hydrogen-bond acceptors (Lipinski definition) is 2. The fourth-order valence-corrected chi connectivity index (χ4v) is 1.30. The predicted molar refractivity (Wildman–Crippen MR) is 71.1 cm³/mol. The second-order valence-electron chi connectivity index (χ2n) is 4.66. The molecule has 1 amide bonds. The number of carbonyl (C=O) groups is 1. The minimum Gasteiger partial charge on any atom is -0.378 e. The van der Waals surface area contributed by atoms with Crippen molar-refractivity contribution in [3.63, 3.8) is 0 Å². The van der Waals surface area contributed by atoms with E-state index in [1.54, 1.807) is 26.0 Å². The minimum absolute atomic E-state index is 0.154. The van der Waals surface area contributed by atoms with Crippen molar-refractivity contribution in [3.8, 4) is 12.3 Å². The van der Waals surface area contributed by atoms with Crippen LogP contribution in [0.5, 0.6) is 0 Å². The van der Waals surface area contributed by atoms with Crippen molar-refractivity contribution in [2.45, 2.75) is 19.4 Å². The van der Waals surface area contributed by atoms with E-state index in [4.69, 9.17) is 6.42 Å². The summed E-state index contributed by atoms with van der Waals surface area (Å²) in [5, 5.41) is 2.78. The molecule has 0 fully saturated rings. The van der Waals surface area contributed by atoms with Gasteiger partial charge in [-0.2, -0.15) is 0 Å². The van der Waals surface area contributed by atoms with Gasteiger partial charge in [-0.3, -0.25) is 4.79 Å². The van der Waals surface area contributed by atoms with E-state index in [1.165, 1.54) is 0 Å². The van der Waals surface area contributed by atoms with Gasteiger partial charge in [0.05, 0.1) is 5.54 Å². The Labute approximate surface area is 103 Å². The molecule has 3 heteroatoms. The quantitative estimate of drug-likeness (QED) is 0.804. The molecular weight excluding hydrogens is 212 g/mol. The first-order valence-corrected chi connectivity index (χ1v) is 5.43. The molecule has 1 aromatic carbocycles. The Kier molecular flexibility index (Phi) is 3.80. The van der Waals surface area contributed by atoms with Gasteiger partial charge in [0.25, 0.3) is 5.91 Å². The largest absolute Gasteiger partial charge is 0.378 e. The lowest BCUT2D eigenvalue weighted by Gasteiger charge is -2.20. The van der Waals surface area contributed by atoms with Crippen molar-refractivity contribution < 1.29 is 4.79 Å². The number of rotatable bonds is 3. The van der Waals surface area contributed by atoms with Crippen LogP contribution < -0.4 is 10.2 Å². The van der Waals surface area contributed by atoms with Gasteiger partial charge in [0.1, 0.15) is 0 Å². The second kappa shape index (κ2) is 4.92. The van der Waals surface area contributed by atoms with Gasteiger partial charge < -0.3 is 10.2 Å². The molecule has 17 heavy (non-hydrogen) atoms. The maximum atomic E-state index is 11.9. The highest BCUT2D eigenvalue weighted by molar-refractivity contribution is 5.95. The number of anilines is 1. The van der Waals surface area contributed by atoms with Crippen LogP contribution >= 0.6 is 0 Å². The number of nitrogens with one attached hydrogen (secondary N) is 1. The predicted octanol–water partition coefficient (Wildman–Crippen LogP) is 1.89. The highest BCUT2D eigenvalue weighted by atomic mass is 16.1. The number of terminal acetylenes is 1. The van der Waals surface area contributed by atoms with E-state index < -0.39 is 5.54 Å². The molecule has 90 valence electrons. The molecule has 0 saturated carbocycles. The van der Waals surface area contributed by atoms with Crippen LogP contribution in [0.4, 0.5) is 5.69 Å². The molecule has 0 aliphatic rings. The van der Waals surface area contributed by atoms with Gasteiger partial charge in [-0.05, 0) is 38.1 Å². The van der Waals surface area contributed by atoms with Gasteiger partial charge in [-0.25, -0.2) is 0 Å². The summed E-state index contributed by atoms with van der Waals surface area (Å²) in [6.45, 7) is 3.58. The van der Waals surface area contributed by atoms with E-state index in [0.717, 1.165) is 5.69 Å². The van der Waals surface area contributed by atoms with Crippen molar-refractivity contribution in [1.82, 2.24) is 5.32 Å². The lowest BCUT2D eigenvalue weighted by Crippen LogP contribution is -2.42. The van der Waals surface area contributed by atoms with E-state index >= 15 is 0 Å². The third-order valence-corrected chi connectivity index (χ3v) is 2.43. The Morgan fingerprint density at radius 3 is 2.24 bits per heavy atom. The number of benzene rings is 1. The van der Waals surface area contributed by atoms with Crippen molar-refractivity contribution in [1.29, 1.82) is 0 Å². The lowest BCUT2D eigenvalue weighted by molar-refractivity contribution is 0.0930. The van der Waals surface area contributed by atoms with Crippen molar-refractivity contribution in [2.75, 3.05) is 19.0 Å². The molecule has 0 atom stereocenters. The molecule has 0 aliphatic carbocycles. The topological polar surface area (TPSA) is 32.3 Å². The number of amides is 1. The van der Waals surface area contributed by atoms with E-state index in [9.17, 15) is 4.79 Å². The summed E-state index contributed by atoms with van der Waals surface area (Å²) in [5.41, 5.74) is 1.04. The smallest absolute Gasteiger partial charge is 0.252 e. The normalized spacial score (nSPS) is 10.5. The number of nitrogens with zero attached hydrogens (tertiary/aromatic N) is 1. The molecule has 0 unspecified atom stereocenters. The summed E-state index contributed by atoms with van der Waals surface area (Å²) in [7, 11) is 3.91. The van der Waals surface area contributed by atoms with Crippen LogP contribution in [-0.4, -0.2) is 25.5 Å². The van der Waals surface area contributed by atoms with Gasteiger partial charge in [0, 0.05) is 25.3 Å². The zero-order chi connectivity index (χ0) is 13.1. The third-order valence-electron chi connectivity index (χ3n) is 2.43. The van der Waals surface area contributed by atoms with Crippen molar-refractivity contribution in [2.24, 2.45) is 0 Å². The fourth-order valence-electron chi connectivity index (χ4n) is 1.30. The Hall–Kier alpha value is -1.95. The average molecular weight is 230 g/mol. The number of hydrogen-bond donors (Lipinski definition) is 1. The van der Waals surface area contributed by atoms with Gasteiger partial charge in [-0.15, -0.1) is 6.42 Å². The minimum atomic E-state index is -0.628. The molecular formula is C14H18N2O. The van der Waals surface area contributed by atoms with Gasteiger partial charge in [0.15, 0.2) is 0 Å². The Morgan fingerprint density at radius 1 is 1.29 bits per heavy atom. The van der Waals surface area contributed by atoms with Crippen molar-refractivity contribution in [3.05, 3.63) is 29.8 Å². The molecule has 0 bridgehead atoms. The summed E-state index contributed by atoms with van der Waals surface area (Å²) in [6, 6.07) is 7.38. The standard InChI is InChI=1S/C14H18N2O/c1-6-14(2,3)15-13(17)11-7-9-12(10-8-11)16(4)5/h1,7-10H,2-5H3,(H,15,17). The molecule has 0 heterocycles. The molecule has 0 saturated heterocycles. The highest BCUT2D eigenvalue weighted by Gasteiger charge is 2.17. The first-order chi connectivity index (χ1) is 7.85. The van der Waals surface area contributed by atoms with Crippen LogP contribution in [-0.2, 0) is 0 Å². The second-order valence-corrected chi connectivity index (χ2v) is 4.66. The van der Waals surface area contributed by atoms with Crippen LogP contribution in [0.3, 0.4) is 0 Å². The van der Waals surface area contributed by atoms with Gasteiger partial charge in [-0.1, -0.05) is 5.92 Å². The molecule has 0 radical (unpaired) electrons. The molecule has 3 nitrogen and oxygen atoms in total. The maximum absolute atomic E-state index is 11.9. The van der Waals surface area contributed by atoms with E-state index in [2.05, 4.69) is 11.2 Å². The Morgan fingerprint density at radius 2 is 1.82 bits per heavy atom.